The minimum atomic E-state index is -2.63. The summed E-state index contributed by atoms with van der Waals surface area (Å²) in [6.45, 7) is 38.4. The summed E-state index contributed by atoms with van der Waals surface area (Å²) in [4.78, 5) is 0. The summed E-state index contributed by atoms with van der Waals surface area (Å²) in [5, 5.41) is 0. The third-order valence-electron chi connectivity index (χ3n) is 9.58. The zero-order valence-corrected chi connectivity index (χ0v) is 30.9. The molecule has 188 valence electrons. The summed E-state index contributed by atoms with van der Waals surface area (Å²) in [5.41, 5.74) is 5.39. The molecule has 0 aliphatic carbocycles. The molecule has 1 heterocycles. The molecule has 0 bridgehead atoms. The van der Waals surface area contributed by atoms with Gasteiger partial charge >= 0.3 is 0 Å². The van der Waals surface area contributed by atoms with E-state index in [1.54, 1.807) is 0 Å². The van der Waals surface area contributed by atoms with E-state index in [0.29, 0.717) is 8.57 Å². The maximum absolute atomic E-state index is 8.77. The van der Waals surface area contributed by atoms with Gasteiger partial charge in [-0.25, -0.2) is 0 Å². The van der Waals surface area contributed by atoms with Crippen LogP contribution in [-0.4, -0.2) is 45.3 Å². The topological polar surface area (TPSA) is 0 Å². The molecule has 33 heavy (non-hydrogen) atoms. The highest BCUT2D eigenvalue weighted by atomic mass is 35.6. The molecule has 1 fully saturated rings. The average Bonchev–Trinajstić information content (AvgIpc) is 2.85. The van der Waals surface area contributed by atoms with Crippen molar-refractivity contribution in [2.75, 3.05) is 0 Å². The van der Waals surface area contributed by atoms with Crippen LogP contribution in [-0.2, 0) is 0 Å². The minimum Gasteiger partial charge on any atom is -0.191 e. The fourth-order valence-corrected chi connectivity index (χ4v) is 71.1. The van der Waals surface area contributed by atoms with Gasteiger partial charge in [-0.15, -0.1) is 0 Å². The lowest BCUT2D eigenvalue weighted by Gasteiger charge is -2.65. The molecule has 0 saturated carbocycles. The first-order chi connectivity index (χ1) is 14.4. The van der Waals surface area contributed by atoms with Crippen LogP contribution in [0.4, 0.5) is 0 Å². The first kappa shape index (κ1) is 30.2. The van der Waals surface area contributed by atoms with Crippen molar-refractivity contribution in [1.29, 1.82) is 0 Å². The SMILES string of the molecule is Cc1cc(C)c(B(Cl)[Si]2(Cl)C([Si](C)(C)C)([Si](C)(C)C)CCC2([Si](C)(C)C)[Si](C)(C)C)c(C)c1. The number of aryl methyl sites for hydroxylation is 3. The Hall–Kier alpha value is 0.949. The van der Waals surface area contributed by atoms with Crippen LogP contribution in [0.5, 0.6) is 0 Å². The second kappa shape index (κ2) is 8.76. The Balaban J connectivity index is 3.18. The standard InChI is InChI=1S/C25H51BCl2Si5/c1-20-18-21(2)23(22(3)19-20)26(27)33(28)24(29(4,5)6,30(7,8)9)16-17-25(33,31(10,11)12)32(13,14)15/h18-19H,16-17H2,1-15H3. The molecule has 0 amide bonds. The normalized spacial score (nSPS) is 20.8. The van der Waals surface area contributed by atoms with Gasteiger partial charge in [0.1, 0.15) is 0 Å². The molecule has 0 spiro atoms. The van der Waals surface area contributed by atoms with Crippen molar-refractivity contribution in [1.82, 2.24) is 0 Å². The maximum Gasteiger partial charge on any atom is 0.291 e. The molecule has 2 rings (SSSR count). The molecule has 0 atom stereocenters. The summed E-state index contributed by atoms with van der Waals surface area (Å²) in [6, 6.07) is 4.69. The predicted molar refractivity (Wildman–Crippen MR) is 172 cm³/mol. The Morgan fingerprint density at radius 2 is 0.939 bits per heavy atom. The lowest BCUT2D eigenvalue weighted by atomic mass is 9.83. The van der Waals surface area contributed by atoms with E-state index < -0.39 is 39.5 Å². The average molecular weight is 574 g/mol. The molecular weight excluding hydrogens is 522 g/mol. The van der Waals surface area contributed by atoms with Crippen molar-refractivity contribution < 1.29 is 0 Å². The van der Waals surface area contributed by atoms with Crippen LogP contribution in [0.1, 0.15) is 29.5 Å². The zero-order valence-electron chi connectivity index (χ0n) is 24.4. The van der Waals surface area contributed by atoms with Gasteiger partial charge in [0.15, 0.2) is 7.25 Å². The number of benzene rings is 1. The highest BCUT2D eigenvalue weighted by molar-refractivity contribution is 7.75. The molecule has 1 aromatic carbocycles. The number of hydrogen-bond donors (Lipinski definition) is 0. The summed E-state index contributed by atoms with van der Waals surface area (Å²) in [7, 11) is -9.35. The molecule has 1 aromatic rings. The molecule has 1 aliphatic heterocycles. The van der Waals surface area contributed by atoms with Crippen LogP contribution in [0.2, 0.25) is 87.1 Å². The second-order valence-corrected chi connectivity index (χ2v) is 45.9. The van der Waals surface area contributed by atoms with Crippen molar-refractivity contribution in [2.45, 2.75) is 121 Å². The van der Waals surface area contributed by atoms with Crippen molar-refractivity contribution in [3.63, 3.8) is 0 Å². The van der Waals surface area contributed by atoms with Gasteiger partial charge in [-0.05, 0) is 29.3 Å². The summed E-state index contributed by atoms with van der Waals surface area (Å²) in [6.07, 6.45) is 2.66. The monoisotopic (exact) mass is 572 g/mol. The molecule has 8 heteroatoms. The van der Waals surface area contributed by atoms with Crippen LogP contribution in [0.3, 0.4) is 0 Å². The van der Waals surface area contributed by atoms with Crippen LogP contribution in [0.15, 0.2) is 12.1 Å². The summed E-state index contributed by atoms with van der Waals surface area (Å²) >= 11 is 16.8. The Labute approximate surface area is 221 Å². The van der Waals surface area contributed by atoms with Gasteiger partial charge in [-0.1, -0.05) is 126 Å². The predicted octanol–water partition coefficient (Wildman–Crippen LogP) is 9.10. The van der Waals surface area contributed by atoms with Crippen LogP contribution in [0, 0.1) is 20.8 Å². The van der Waals surface area contributed by atoms with Gasteiger partial charge in [0.2, 0.25) is 0 Å². The van der Waals surface area contributed by atoms with Gasteiger partial charge in [0, 0.05) is 32.3 Å². The third kappa shape index (κ3) is 4.08. The molecule has 1 saturated heterocycles. The fraction of sp³-hybridized carbons (Fsp3) is 0.760. The number of rotatable bonds is 6. The molecule has 0 radical (unpaired) electrons. The van der Waals surface area contributed by atoms with E-state index in [2.05, 4.69) is 111 Å². The van der Waals surface area contributed by atoms with Gasteiger partial charge in [0.05, 0.1) is 0 Å². The minimum absolute atomic E-state index is 0.0285. The van der Waals surface area contributed by atoms with E-state index in [0.717, 1.165) is 0 Å². The third-order valence-corrected chi connectivity index (χ3v) is 53.6. The van der Waals surface area contributed by atoms with Crippen molar-refractivity contribution >= 4 is 73.3 Å². The van der Waals surface area contributed by atoms with E-state index in [1.807, 2.05) is 0 Å². The highest BCUT2D eigenvalue weighted by Crippen LogP contribution is 2.77. The van der Waals surface area contributed by atoms with E-state index in [4.69, 9.17) is 22.5 Å². The van der Waals surface area contributed by atoms with Crippen LogP contribution in [0.25, 0.3) is 0 Å². The summed E-state index contributed by atoms with van der Waals surface area (Å²) < 4.78 is 0.594. The molecular formula is C25H51BCl2Si5. The van der Waals surface area contributed by atoms with Crippen molar-refractivity contribution in [3.05, 3.63) is 28.8 Å². The van der Waals surface area contributed by atoms with Crippen molar-refractivity contribution in [2.24, 2.45) is 0 Å². The molecule has 0 unspecified atom stereocenters. The van der Waals surface area contributed by atoms with E-state index in [-0.39, 0.29) is 5.72 Å². The first-order valence-electron chi connectivity index (χ1n) is 12.8. The Morgan fingerprint density at radius 1 is 0.667 bits per heavy atom. The smallest absolute Gasteiger partial charge is 0.191 e. The van der Waals surface area contributed by atoms with Crippen molar-refractivity contribution in [3.8, 4) is 0 Å². The van der Waals surface area contributed by atoms with Crippen LogP contribution >= 0.6 is 22.5 Å². The van der Waals surface area contributed by atoms with Gasteiger partial charge in [-0.2, -0.15) is 22.5 Å². The lowest BCUT2D eigenvalue weighted by molar-refractivity contribution is 0.763. The Morgan fingerprint density at radius 3 is 1.18 bits per heavy atom. The van der Waals surface area contributed by atoms with Crippen LogP contribution < -0.4 is 5.46 Å². The fourth-order valence-electron chi connectivity index (χ4n) is 9.26. The van der Waals surface area contributed by atoms with Gasteiger partial charge in [-0.3, -0.25) is 0 Å². The second-order valence-electron chi connectivity index (χ2n) is 15.2. The zero-order chi connectivity index (χ0) is 26.2. The summed E-state index contributed by atoms with van der Waals surface area (Å²) in [5.74, 6) is 0. The van der Waals surface area contributed by atoms with E-state index >= 15 is 0 Å². The Bertz CT molecular complexity index is 812. The van der Waals surface area contributed by atoms with Gasteiger partial charge < -0.3 is 0 Å². The highest BCUT2D eigenvalue weighted by Gasteiger charge is 2.82. The number of hydrogen-bond acceptors (Lipinski definition) is 0. The Kier molecular flexibility index (Phi) is 8.01. The lowest BCUT2D eigenvalue weighted by Crippen LogP contribution is -2.80. The van der Waals surface area contributed by atoms with E-state index in [9.17, 15) is 0 Å². The van der Waals surface area contributed by atoms with Gasteiger partial charge in [0.25, 0.3) is 5.72 Å². The molecule has 1 aliphatic rings. The largest absolute Gasteiger partial charge is 0.291 e. The molecule has 0 aromatic heterocycles. The number of halogens is 2. The molecule has 0 nitrogen and oxygen atoms in total. The van der Waals surface area contributed by atoms with E-state index in [1.165, 1.54) is 35.0 Å². The first-order valence-corrected chi connectivity index (χ1v) is 30.4. The quantitative estimate of drug-likeness (QED) is 0.235. The molecule has 0 N–H and O–H groups in total. The maximum atomic E-state index is 8.77.